The van der Waals surface area contributed by atoms with Crippen LogP contribution in [0.3, 0.4) is 0 Å². The fourth-order valence-corrected chi connectivity index (χ4v) is 2.09. The fraction of sp³-hybridized carbons (Fsp3) is 0.417. The van der Waals surface area contributed by atoms with Crippen molar-refractivity contribution in [2.75, 3.05) is 13.7 Å². The molecular weight excluding hydrogens is 291 g/mol. The molecule has 0 amide bonds. The number of benzene rings is 1. The van der Waals surface area contributed by atoms with Gasteiger partial charge in [-0.2, -0.15) is 0 Å². The predicted molar refractivity (Wildman–Crippen MR) is 65.9 cm³/mol. The van der Waals surface area contributed by atoms with E-state index in [9.17, 15) is 9.18 Å². The maximum atomic E-state index is 13.7. The molecule has 1 aromatic rings. The predicted octanol–water partition coefficient (Wildman–Crippen LogP) is 2.83. The summed E-state index contributed by atoms with van der Waals surface area (Å²) in [5, 5.41) is 0.345. The molecule has 1 aromatic carbocycles. The van der Waals surface area contributed by atoms with E-state index in [1.165, 1.54) is 13.2 Å². The monoisotopic (exact) mass is 304 g/mol. The zero-order valence-corrected chi connectivity index (χ0v) is 11.3. The lowest BCUT2D eigenvalue weighted by Crippen LogP contribution is -2.10. The van der Waals surface area contributed by atoms with Crippen LogP contribution in [0.2, 0.25) is 0 Å². The summed E-state index contributed by atoms with van der Waals surface area (Å²) < 4.78 is 23.5. The van der Waals surface area contributed by atoms with E-state index in [1.54, 1.807) is 13.0 Å². The molecule has 0 aliphatic carbocycles. The minimum absolute atomic E-state index is 0.0445. The Bertz CT molecular complexity index is 407. The highest BCUT2D eigenvalue weighted by molar-refractivity contribution is 9.08. The summed E-state index contributed by atoms with van der Waals surface area (Å²) in [4.78, 5) is 11.4. The van der Waals surface area contributed by atoms with Gasteiger partial charge in [0.05, 0.1) is 20.1 Å². The molecule has 0 saturated carbocycles. The number of esters is 1. The molecule has 1 rings (SSSR count). The topological polar surface area (TPSA) is 35.5 Å². The Morgan fingerprint density at radius 1 is 1.47 bits per heavy atom. The molecule has 0 fully saturated rings. The van der Waals surface area contributed by atoms with Crippen molar-refractivity contribution in [2.45, 2.75) is 18.7 Å². The standard InChI is InChI=1S/C12H14BrFO3/c1-3-17-12(15)5-8-4-9(16-2)6-11(14)10(8)7-13/h4,6H,3,5,7H2,1-2H3. The maximum Gasteiger partial charge on any atom is 0.310 e. The van der Waals surface area contributed by atoms with E-state index in [-0.39, 0.29) is 18.2 Å². The van der Waals surface area contributed by atoms with Crippen molar-refractivity contribution >= 4 is 21.9 Å². The van der Waals surface area contributed by atoms with Crippen molar-refractivity contribution in [1.29, 1.82) is 0 Å². The van der Waals surface area contributed by atoms with Crippen LogP contribution in [0.4, 0.5) is 4.39 Å². The van der Waals surface area contributed by atoms with Crippen LogP contribution in [0.25, 0.3) is 0 Å². The molecule has 0 heterocycles. The van der Waals surface area contributed by atoms with Gasteiger partial charge in [-0.15, -0.1) is 0 Å². The SMILES string of the molecule is CCOC(=O)Cc1cc(OC)cc(F)c1CBr. The van der Waals surface area contributed by atoms with Gasteiger partial charge in [0.1, 0.15) is 11.6 Å². The van der Waals surface area contributed by atoms with Crippen LogP contribution in [-0.4, -0.2) is 19.7 Å². The molecule has 0 atom stereocenters. The minimum Gasteiger partial charge on any atom is -0.497 e. The van der Waals surface area contributed by atoms with E-state index < -0.39 is 0 Å². The molecular formula is C12H14BrFO3. The van der Waals surface area contributed by atoms with Gasteiger partial charge in [0.2, 0.25) is 0 Å². The van der Waals surface area contributed by atoms with Crippen LogP contribution in [0.5, 0.6) is 5.75 Å². The van der Waals surface area contributed by atoms with E-state index in [0.717, 1.165) is 0 Å². The molecule has 0 bridgehead atoms. The molecule has 0 aliphatic heterocycles. The molecule has 0 unspecified atom stereocenters. The largest absolute Gasteiger partial charge is 0.497 e. The maximum absolute atomic E-state index is 13.7. The molecule has 5 heteroatoms. The summed E-state index contributed by atoms with van der Waals surface area (Å²) in [7, 11) is 1.46. The highest BCUT2D eigenvalue weighted by Gasteiger charge is 2.14. The van der Waals surface area contributed by atoms with Gasteiger partial charge >= 0.3 is 5.97 Å². The lowest BCUT2D eigenvalue weighted by atomic mass is 10.0. The lowest BCUT2D eigenvalue weighted by molar-refractivity contribution is -0.142. The van der Waals surface area contributed by atoms with Crippen molar-refractivity contribution in [3.05, 3.63) is 29.1 Å². The van der Waals surface area contributed by atoms with Gasteiger partial charge in [-0.3, -0.25) is 4.79 Å². The van der Waals surface area contributed by atoms with Crippen LogP contribution < -0.4 is 4.74 Å². The zero-order chi connectivity index (χ0) is 12.8. The number of alkyl halides is 1. The second-order valence-corrected chi connectivity index (χ2v) is 3.92. The molecule has 0 radical (unpaired) electrons. The van der Waals surface area contributed by atoms with Crippen molar-refractivity contribution in [3.63, 3.8) is 0 Å². The van der Waals surface area contributed by atoms with E-state index in [4.69, 9.17) is 9.47 Å². The minimum atomic E-state index is -0.388. The number of hydrogen-bond acceptors (Lipinski definition) is 3. The molecule has 17 heavy (non-hydrogen) atoms. The van der Waals surface area contributed by atoms with E-state index >= 15 is 0 Å². The third-order valence-electron chi connectivity index (χ3n) is 2.27. The van der Waals surface area contributed by atoms with E-state index in [0.29, 0.717) is 28.8 Å². The summed E-state index contributed by atoms with van der Waals surface area (Å²) in [6, 6.07) is 2.95. The lowest BCUT2D eigenvalue weighted by Gasteiger charge is -2.10. The Morgan fingerprint density at radius 3 is 2.71 bits per heavy atom. The van der Waals surface area contributed by atoms with Gasteiger partial charge in [0.15, 0.2) is 0 Å². The average Bonchev–Trinajstić information content (AvgIpc) is 2.28. The molecule has 3 nitrogen and oxygen atoms in total. The first-order chi connectivity index (χ1) is 8.12. The number of carbonyl (C=O) groups excluding carboxylic acids is 1. The average molecular weight is 305 g/mol. The summed E-state index contributed by atoms with van der Waals surface area (Å²) in [5.41, 5.74) is 1.04. The fourth-order valence-electron chi connectivity index (χ4n) is 1.46. The molecule has 0 aliphatic rings. The Labute approximate surface area is 108 Å². The molecule has 0 spiro atoms. The first-order valence-electron chi connectivity index (χ1n) is 5.19. The second-order valence-electron chi connectivity index (χ2n) is 3.36. The number of rotatable bonds is 5. The first-order valence-corrected chi connectivity index (χ1v) is 6.31. The van der Waals surface area contributed by atoms with Gasteiger partial charge in [0, 0.05) is 17.0 Å². The smallest absolute Gasteiger partial charge is 0.310 e. The van der Waals surface area contributed by atoms with Gasteiger partial charge in [-0.25, -0.2) is 4.39 Å². The van der Waals surface area contributed by atoms with Crippen molar-refractivity contribution in [2.24, 2.45) is 0 Å². The Kier molecular flexibility index (Phi) is 5.41. The Balaban J connectivity index is 3.02. The summed E-state index contributed by atoms with van der Waals surface area (Å²) >= 11 is 3.20. The highest BCUT2D eigenvalue weighted by Crippen LogP contribution is 2.24. The van der Waals surface area contributed by atoms with Gasteiger partial charge < -0.3 is 9.47 Å². The second kappa shape index (κ2) is 6.59. The zero-order valence-electron chi connectivity index (χ0n) is 9.76. The number of ether oxygens (including phenoxy) is 2. The van der Waals surface area contributed by atoms with Crippen LogP contribution in [0, 0.1) is 5.82 Å². The van der Waals surface area contributed by atoms with E-state index in [1.807, 2.05) is 0 Å². The van der Waals surface area contributed by atoms with Crippen molar-refractivity contribution < 1.29 is 18.7 Å². The molecule has 0 saturated heterocycles. The van der Waals surface area contributed by atoms with Crippen LogP contribution in [-0.2, 0) is 21.3 Å². The van der Waals surface area contributed by atoms with Gasteiger partial charge in [-0.1, -0.05) is 15.9 Å². The van der Waals surface area contributed by atoms with Crippen LogP contribution in [0.15, 0.2) is 12.1 Å². The summed E-state index contributed by atoms with van der Waals surface area (Å²) in [5.74, 6) is -0.366. The number of carbonyl (C=O) groups is 1. The third-order valence-corrected chi connectivity index (χ3v) is 2.83. The number of halogens is 2. The van der Waals surface area contributed by atoms with Crippen molar-refractivity contribution in [1.82, 2.24) is 0 Å². The summed E-state index contributed by atoms with van der Waals surface area (Å²) in [6.45, 7) is 2.05. The Morgan fingerprint density at radius 2 is 2.18 bits per heavy atom. The molecule has 0 N–H and O–H groups in total. The van der Waals surface area contributed by atoms with E-state index in [2.05, 4.69) is 15.9 Å². The van der Waals surface area contributed by atoms with Gasteiger partial charge in [0.25, 0.3) is 0 Å². The highest BCUT2D eigenvalue weighted by atomic mass is 79.9. The normalized spacial score (nSPS) is 10.1. The van der Waals surface area contributed by atoms with Crippen LogP contribution in [0.1, 0.15) is 18.1 Å². The Hall–Kier alpha value is -1.10. The molecule has 0 aromatic heterocycles. The third kappa shape index (κ3) is 3.70. The van der Waals surface area contributed by atoms with Crippen molar-refractivity contribution in [3.8, 4) is 5.75 Å². The quantitative estimate of drug-likeness (QED) is 0.620. The van der Waals surface area contributed by atoms with Gasteiger partial charge in [-0.05, 0) is 18.6 Å². The number of hydrogen-bond donors (Lipinski definition) is 0. The molecule has 94 valence electrons. The van der Waals surface area contributed by atoms with Crippen LogP contribution >= 0.6 is 15.9 Å². The summed E-state index contributed by atoms with van der Waals surface area (Å²) in [6.07, 6.45) is 0.0445. The first kappa shape index (κ1) is 14.0. The number of methoxy groups -OCH3 is 1.